The maximum Gasteiger partial charge on any atom is 0.250 e. The standard InChI is InChI=1S/C24H25NO5/c1-16-7-9-18(10-8-16)30-22-14-29-21-13-19(11-12-20(21)24(22)27)28-15-23(26)25-17-5-3-2-4-6-17/h2-10,14,19-21H,11-13,15H2,1H3,(H,25,26). The summed E-state index contributed by atoms with van der Waals surface area (Å²) in [6.45, 7) is 1.97. The topological polar surface area (TPSA) is 73.9 Å². The first-order valence-electron chi connectivity index (χ1n) is 10.2. The van der Waals surface area contributed by atoms with Crippen molar-refractivity contribution in [3.05, 3.63) is 72.2 Å². The second-order valence-electron chi connectivity index (χ2n) is 7.70. The summed E-state index contributed by atoms with van der Waals surface area (Å²) >= 11 is 0. The first-order chi connectivity index (χ1) is 14.6. The Morgan fingerprint density at radius 3 is 2.63 bits per heavy atom. The molecule has 1 fully saturated rings. The van der Waals surface area contributed by atoms with Crippen LogP contribution in [0.5, 0.6) is 5.75 Å². The number of benzene rings is 2. The molecular formula is C24H25NO5. The molecule has 3 atom stereocenters. The van der Waals surface area contributed by atoms with Crippen molar-refractivity contribution in [3.8, 4) is 5.75 Å². The molecule has 1 aliphatic carbocycles. The average Bonchev–Trinajstić information content (AvgIpc) is 2.76. The van der Waals surface area contributed by atoms with Gasteiger partial charge in [0.25, 0.3) is 0 Å². The summed E-state index contributed by atoms with van der Waals surface area (Å²) in [6, 6.07) is 16.8. The lowest BCUT2D eigenvalue weighted by molar-refractivity contribution is -0.136. The van der Waals surface area contributed by atoms with E-state index in [-0.39, 0.29) is 42.2 Å². The van der Waals surface area contributed by atoms with E-state index in [1.807, 2.05) is 61.5 Å². The second-order valence-corrected chi connectivity index (χ2v) is 7.70. The molecule has 0 saturated heterocycles. The van der Waals surface area contributed by atoms with Crippen molar-refractivity contribution in [1.82, 2.24) is 0 Å². The van der Waals surface area contributed by atoms with E-state index >= 15 is 0 Å². The molecule has 1 saturated carbocycles. The van der Waals surface area contributed by atoms with Crippen molar-refractivity contribution >= 4 is 17.4 Å². The van der Waals surface area contributed by atoms with Crippen LogP contribution in [0.25, 0.3) is 0 Å². The largest absolute Gasteiger partial charge is 0.493 e. The van der Waals surface area contributed by atoms with Crippen LogP contribution in [-0.2, 0) is 19.1 Å². The van der Waals surface area contributed by atoms with Crippen molar-refractivity contribution in [2.24, 2.45) is 5.92 Å². The zero-order valence-corrected chi connectivity index (χ0v) is 16.9. The highest BCUT2D eigenvalue weighted by molar-refractivity contribution is 5.96. The molecule has 1 heterocycles. The lowest BCUT2D eigenvalue weighted by atomic mass is 9.80. The molecule has 2 aliphatic rings. The van der Waals surface area contributed by atoms with E-state index in [4.69, 9.17) is 14.2 Å². The molecule has 0 bridgehead atoms. The Hall–Kier alpha value is -3.12. The Balaban J connectivity index is 1.28. The van der Waals surface area contributed by atoms with Crippen molar-refractivity contribution in [2.75, 3.05) is 11.9 Å². The third kappa shape index (κ3) is 4.89. The molecule has 3 unspecified atom stereocenters. The average molecular weight is 407 g/mol. The van der Waals surface area contributed by atoms with E-state index in [2.05, 4.69) is 5.32 Å². The van der Waals surface area contributed by atoms with Crippen molar-refractivity contribution in [1.29, 1.82) is 0 Å². The van der Waals surface area contributed by atoms with Gasteiger partial charge in [-0.25, -0.2) is 0 Å². The minimum absolute atomic E-state index is 0.0253. The van der Waals surface area contributed by atoms with Crippen LogP contribution in [0.1, 0.15) is 24.8 Å². The number of carbonyl (C=O) groups is 2. The highest BCUT2D eigenvalue weighted by Crippen LogP contribution is 2.35. The molecular weight excluding hydrogens is 382 g/mol. The number of rotatable bonds is 6. The molecule has 0 spiro atoms. The minimum atomic E-state index is -0.251. The summed E-state index contributed by atoms with van der Waals surface area (Å²) in [5.41, 5.74) is 1.86. The summed E-state index contributed by atoms with van der Waals surface area (Å²) in [6.07, 6.45) is 2.96. The summed E-state index contributed by atoms with van der Waals surface area (Å²) in [4.78, 5) is 24.9. The van der Waals surface area contributed by atoms with Crippen molar-refractivity contribution in [3.63, 3.8) is 0 Å². The van der Waals surface area contributed by atoms with Gasteiger partial charge in [-0.15, -0.1) is 0 Å². The number of anilines is 1. The van der Waals surface area contributed by atoms with Gasteiger partial charge in [-0.05, 0) is 44.0 Å². The predicted octanol–water partition coefficient (Wildman–Crippen LogP) is 4.01. The molecule has 156 valence electrons. The SMILES string of the molecule is Cc1ccc(OC2=COC3CC(OCC(=O)Nc4ccccc4)CCC3C2=O)cc1. The molecule has 2 aromatic carbocycles. The molecule has 0 radical (unpaired) electrons. The highest BCUT2D eigenvalue weighted by atomic mass is 16.5. The van der Waals surface area contributed by atoms with E-state index in [9.17, 15) is 9.59 Å². The number of hydrogen-bond donors (Lipinski definition) is 1. The summed E-state index contributed by atoms with van der Waals surface area (Å²) in [7, 11) is 0. The predicted molar refractivity (Wildman–Crippen MR) is 112 cm³/mol. The molecule has 1 aliphatic heterocycles. The second kappa shape index (κ2) is 9.13. The van der Waals surface area contributed by atoms with Gasteiger partial charge in [0.15, 0.2) is 0 Å². The fourth-order valence-electron chi connectivity index (χ4n) is 3.80. The highest BCUT2D eigenvalue weighted by Gasteiger charge is 2.41. The van der Waals surface area contributed by atoms with E-state index < -0.39 is 0 Å². The van der Waals surface area contributed by atoms with Gasteiger partial charge in [-0.1, -0.05) is 35.9 Å². The Morgan fingerprint density at radius 1 is 1.10 bits per heavy atom. The summed E-state index contributed by atoms with van der Waals surface area (Å²) in [5.74, 6) is 0.378. The van der Waals surface area contributed by atoms with Crippen LogP contribution in [0.3, 0.4) is 0 Å². The third-order valence-electron chi connectivity index (χ3n) is 5.43. The number of amides is 1. The Labute approximate surface area is 175 Å². The van der Waals surface area contributed by atoms with Gasteiger partial charge >= 0.3 is 0 Å². The molecule has 6 heteroatoms. The number of ketones is 1. The van der Waals surface area contributed by atoms with E-state index in [0.717, 1.165) is 11.3 Å². The molecule has 30 heavy (non-hydrogen) atoms. The van der Waals surface area contributed by atoms with Crippen LogP contribution in [0.2, 0.25) is 0 Å². The van der Waals surface area contributed by atoms with Gasteiger partial charge in [0.1, 0.15) is 24.7 Å². The number of nitrogens with one attached hydrogen (secondary N) is 1. The lowest BCUT2D eigenvalue weighted by Crippen LogP contribution is -2.43. The summed E-state index contributed by atoms with van der Waals surface area (Å²) in [5, 5.41) is 2.80. The van der Waals surface area contributed by atoms with Crippen LogP contribution >= 0.6 is 0 Å². The van der Waals surface area contributed by atoms with E-state index in [1.165, 1.54) is 6.26 Å². The quantitative estimate of drug-likeness (QED) is 0.783. The smallest absolute Gasteiger partial charge is 0.250 e. The number of aryl methyl sites for hydroxylation is 1. The summed E-state index contributed by atoms with van der Waals surface area (Å²) < 4.78 is 17.3. The number of hydrogen-bond acceptors (Lipinski definition) is 5. The first-order valence-corrected chi connectivity index (χ1v) is 10.2. The van der Waals surface area contributed by atoms with Gasteiger partial charge < -0.3 is 19.5 Å². The Bertz CT molecular complexity index is 922. The van der Waals surface area contributed by atoms with Crippen LogP contribution in [0.4, 0.5) is 5.69 Å². The molecule has 6 nitrogen and oxygen atoms in total. The van der Waals surface area contributed by atoms with Gasteiger partial charge in [0.05, 0.1) is 12.0 Å². The monoisotopic (exact) mass is 407 g/mol. The first kappa shape index (κ1) is 20.2. The van der Waals surface area contributed by atoms with Gasteiger partial charge in [-0.2, -0.15) is 0 Å². The third-order valence-corrected chi connectivity index (χ3v) is 5.43. The number of Topliss-reactive ketones (excluding diaryl/α,β-unsaturated/α-hetero) is 1. The maximum atomic E-state index is 12.8. The van der Waals surface area contributed by atoms with Gasteiger partial charge in [-0.3, -0.25) is 9.59 Å². The number of allylic oxidation sites excluding steroid dienone is 1. The number of para-hydroxylation sites is 1. The lowest BCUT2D eigenvalue weighted by Gasteiger charge is -2.37. The molecule has 1 amide bonds. The number of ether oxygens (including phenoxy) is 3. The maximum absolute atomic E-state index is 12.8. The normalized spacial score (nSPS) is 23.0. The van der Waals surface area contributed by atoms with Crippen LogP contribution < -0.4 is 10.1 Å². The number of fused-ring (bicyclic) bond motifs is 1. The van der Waals surface area contributed by atoms with E-state index in [1.54, 1.807) is 0 Å². The zero-order chi connectivity index (χ0) is 20.9. The number of carbonyl (C=O) groups excluding carboxylic acids is 2. The molecule has 2 aromatic rings. The van der Waals surface area contributed by atoms with Gasteiger partial charge in [0, 0.05) is 12.1 Å². The van der Waals surface area contributed by atoms with Crippen LogP contribution in [0.15, 0.2) is 66.6 Å². The minimum Gasteiger partial charge on any atom is -0.493 e. The van der Waals surface area contributed by atoms with Gasteiger partial charge in [0.2, 0.25) is 17.4 Å². The zero-order valence-electron chi connectivity index (χ0n) is 16.9. The fraction of sp³-hybridized carbons (Fsp3) is 0.333. The molecule has 0 aromatic heterocycles. The molecule has 1 N–H and O–H groups in total. The van der Waals surface area contributed by atoms with Crippen LogP contribution in [0, 0.1) is 12.8 Å². The van der Waals surface area contributed by atoms with Crippen LogP contribution in [-0.4, -0.2) is 30.5 Å². The Morgan fingerprint density at radius 2 is 1.87 bits per heavy atom. The fourth-order valence-corrected chi connectivity index (χ4v) is 3.80. The van der Waals surface area contributed by atoms with Crippen molar-refractivity contribution < 1.29 is 23.8 Å². The Kier molecular flexibility index (Phi) is 6.14. The van der Waals surface area contributed by atoms with Crippen molar-refractivity contribution in [2.45, 2.75) is 38.4 Å². The molecule has 4 rings (SSSR count). The van der Waals surface area contributed by atoms with E-state index in [0.29, 0.717) is 25.0 Å².